The van der Waals surface area contributed by atoms with Gasteiger partial charge in [-0.25, -0.2) is 4.39 Å². The third kappa shape index (κ3) is 3.94. The molecule has 1 amide bonds. The summed E-state index contributed by atoms with van der Waals surface area (Å²) in [6.07, 6.45) is 2.89. The molecule has 5 rings (SSSR count). The Hall–Kier alpha value is -3.32. The number of piperidine rings is 1. The van der Waals surface area contributed by atoms with E-state index in [9.17, 15) is 14.0 Å². The molecule has 2 aromatic carbocycles. The molecule has 2 aliphatic rings. The molecule has 2 fully saturated rings. The Morgan fingerprint density at radius 3 is 2.38 bits per heavy atom. The number of carbonyl (C=O) groups excluding carboxylic acids is 2. The first-order valence-electron chi connectivity index (χ1n) is 11.9. The molecule has 0 bridgehead atoms. The quantitative estimate of drug-likeness (QED) is 0.645. The van der Waals surface area contributed by atoms with Crippen molar-refractivity contribution in [3.8, 4) is 0 Å². The van der Waals surface area contributed by atoms with Gasteiger partial charge in [-0.15, -0.1) is 0 Å². The third-order valence-electron chi connectivity index (χ3n) is 7.37. The second-order valence-corrected chi connectivity index (χ2v) is 9.22. The summed E-state index contributed by atoms with van der Waals surface area (Å²) < 4.78 is 14.3. The van der Waals surface area contributed by atoms with Gasteiger partial charge in [-0.05, 0) is 43.5 Å². The average Bonchev–Trinajstić information content (AvgIpc) is 2.88. The number of hydrogen-bond acceptors (Lipinski definition) is 5. The number of rotatable bonds is 4. The minimum atomic E-state index is -0.547. The van der Waals surface area contributed by atoms with E-state index < -0.39 is 5.41 Å². The lowest BCUT2D eigenvalue weighted by Crippen LogP contribution is -2.48. The first kappa shape index (κ1) is 22.5. The monoisotopic (exact) mass is 460 g/mol. The van der Waals surface area contributed by atoms with Crippen molar-refractivity contribution in [2.75, 3.05) is 44.2 Å². The number of anilines is 1. The lowest BCUT2D eigenvalue weighted by Gasteiger charge is -2.42. The van der Waals surface area contributed by atoms with Crippen LogP contribution in [0.1, 0.15) is 35.7 Å². The molecule has 0 atom stereocenters. The smallest absolute Gasteiger partial charge is 0.257 e. The van der Waals surface area contributed by atoms with Crippen LogP contribution in [0.4, 0.5) is 10.1 Å². The maximum atomic E-state index is 14.3. The van der Waals surface area contributed by atoms with E-state index in [4.69, 9.17) is 0 Å². The van der Waals surface area contributed by atoms with E-state index in [1.807, 2.05) is 35.2 Å². The number of pyridine rings is 1. The summed E-state index contributed by atoms with van der Waals surface area (Å²) in [5.41, 5.74) is 2.35. The SMILES string of the molecule is CC(=O)C1(c2ccccc2)CCN(c2c(C(=O)N3CCNCC3)cnc3ccc(F)cc23)CC1. The molecule has 2 saturated heterocycles. The van der Waals surface area contributed by atoms with Gasteiger partial charge in [-0.3, -0.25) is 14.6 Å². The highest BCUT2D eigenvalue weighted by Gasteiger charge is 2.41. The van der Waals surface area contributed by atoms with Crippen molar-refractivity contribution < 1.29 is 14.0 Å². The Morgan fingerprint density at radius 2 is 1.71 bits per heavy atom. The second-order valence-electron chi connectivity index (χ2n) is 9.22. The molecule has 3 aromatic rings. The first-order chi connectivity index (χ1) is 16.5. The number of carbonyl (C=O) groups is 2. The number of nitrogens with zero attached hydrogens (tertiary/aromatic N) is 3. The van der Waals surface area contributed by atoms with Gasteiger partial charge in [0.15, 0.2) is 0 Å². The van der Waals surface area contributed by atoms with Crippen molar-refractivity contribution in [3.63, 3.8) is 0 Å². The van der Waals surface area contributed by atoms with Crippen LogP contribution < -0.4 is 10.2 Å². The highest BCUT2D eigenvalue weighted by molar-refractivity contribution is 6.07. The Morgan fingerprint density at radius 1 is 1.00 bits per heavy atom. The molecule has 1 N–H and O–H groups in total. The number of Topliss-reactive ketones (excluding diaryl/α,β-unsaturated/α-hetero) is 1. The van der Waals surface area contributed by atoms with Gasteiger partial charge in [0.05, 0.1) is 22.2 Å². The molecule has 0 unspecified atom stereocenters. The fourth-order valence-electron chi connectivity index (χ4n) is 5.40. The van der Waals surface area contributed by atoms with Crippen LogP contribution in [0, 0.1) is 5.82 Å². The Balaban J connectivity index is 1.54. The van der Waals surface area contributed by atoms with Crippen molar-refractivity contribution in [3.05, 3.63) is 71.7 Å². The summed E-state index contributed by atoms with van der Waals surface area (Å²) in [4.78, 5) is 34.8. The van der Waals surface area contributed by atoms with Crippen molar-refractivity contribution >= 4 is 28.3 Å². The van der Waals surface area contributed by atoms with Crippen LogP contribution in [-0.2, 0) is 10.2 Å². The zero-order valence-corrected chi connectivity index (χ0v) is 19.4. The maximum Gasteiger partial charge on any atom is 0.257 e. The van der Waals surface area contributed by atoms with E-state index in [0.29, 0.717) is 55.5 Å². The molecule has 1 aromatic heterocycles. The number of ketones is 1. The number of benzene rings is 2. The van der Waals surface area contributed by atoms with Crippen LogP contribution in [-0.4, -0.2) is 60.8 Å². The molecular weight excluding hydrogens is 431 g/mol. The number of amides is 1. The van der Waals surface area contributed by atoms with E-state index in [0.717, 1.165) is 24.3 Å². The average molecular weight is 461 g/mol. The highest BCUT2D eigenvalue weighted by atomic mass is 19.1. The lowest BCUT2D eigenvalue weighted by molar-refractivity contribution is -0.123. The van der Waals surface area contributed by atoms with Gasteiger partial charge in [0.25, 0.3) is 5.91 Å². The summed E-state index contributed by atoms with van der Waals surface area (Å²) >= 11 is 0. The van der Waals surface area contributed by atoms with Gasteiger partial charge in [-0.2, -0.15) is 0 Å². The molecule has 2 aliphatic heterocycles. The van der Waals surface area contributed by atoms with Crippen LogP contribution in [0.5, 0.6) is 0 Å². The van der Waals surface area contributed by atoms with Gasteiger partial charge in [-0.1, -0.05) is 30.3 Å². The van der Waals surface area contributed by atoms with Crippen LogP contribution in [0.2, 0.25) is 0 Å². The molecule has 0 saturated carbocycles. The van der Waals surface area contributed by atoms with Crippen molar-refractivity contribution in [2.45, 2.75) is 25.2 Å². The summed E-state index contributed by atoms with van der Waals surface area (Å²) in [5.74, 6) is -0.288. The highest BCUT2D eigenvalue weighted by Crippen LogP contribution is 2.40. The topological polar surface area (TPSA) is 65.5 Å². The zero-order chi connectivity index (χ0) is 23.7. The molecule has 7 heteroatoms. The summed E-state index contributed by atoms with van der Waals surface area (Å²) in [6, 6.07) is 14.4. The summed E-state index contributed by atoms with van der Waals surface area (Å²) in [7, 11) is 0. The maximum absolute atomic E-state index is 14.3. The Kier molecular flexibility index (Phi) is 6.04. The van der Waals surface area contributed by atoms with Crippen LogP contribution in [0.15, 0.2) is 54.7 Å². The van der Waals surface area contributed by atoms with Crippen LogP contribution in [0.3, 0.4) is 0 Å². The van der Waals surface area contributed by atoms with Gasteiger partial charge in [0.2, 0.25) is 0 Å². The standard InChI is InChI=1S/C27H29FN4O2/c1-19(33)27(20-5-3-2-4-6-20)9-13-31(14-10-27)25-22-17-21(28)7-8-24(22)30-18-23(25)26(34)32-15-11-29-12-16-32/h2-8,17-18,29H,9-16H2,1H3. The van der Waals surface area contributed by atoms with Gasteiger partial charge < -0.3 is 15.1 Å². The lowest BCUT2D eigenvalue weighted by atomic mass is 9.70. The Labute approximate surface area is 198 Å². The minimum absolute atomic E-state index is 0.0818. The zero-order valence-electron chi connectivity index (χ0n) is 19.4. The number of piperazine rings is 1. The van der Waals surface area contributed by atoms with E-state index in [1.54, 1.807) is 19.2 Å². The summed E-state index contributed by atoms with van der Waals surface area (Å²) in [6.45, 7) is 5.59. The van der Waals surface area contributed by atoms with Gasteiger partial charge >= 0.3 is 0 Å². The number of aromatic nitrogens is 1. The predicted octanol–water partition coefficient (Wildman–Crippen LogP) is 3.55. The van der Waals surface area contributed by atoms with Crippen molar-refractivity contribution in [2.24, 2.45) is 0 Å². The van der Waals surface area contributed by atoms with Crippen molar-refractivity contribution in [1.29, 1.82) is 0 Å². The molecule has 3 heterocycles. The number of halogens is 1. The fourth-order valence-corrected chi connectivity index (χ4v) is 5.40. The predicted molar refractivity (Wildman–Crippen MR) is 131 cm³/mol. The van der Waals surface area contributed by atoms with Crippen LogP contribution in [0.25, 0.3) is 10.9 Å². The number of nitrogens with one attached hydrogen (secondary N) is 1. The van der Waals surface area contributed by atoms with E-state index in [-0.39, 0.29) is 17.5 Å². The first-order valence-corrected chi connectivity index (χ1v) is 11.9. The van der Waals surface area contributed by atoms with E-state index in [1.165, 1.54) is 12.1 Å². The molecular formula is C27H29FN4O2. The largest absolute Gasteiger partial charge is 0.370 e. The van der Waals surface area contributed by atoms with Gasteiger partial charge in [0.1, 0.15) is 11.6 Å². The Bertz CT molecular complexity index is 1220. The van der Waals surface area contributed by atoms with E-state index in [2.05, 4.69) is 15.2 Å². The molecule has 176 valence electrons. The van der Waals surface area contributed by atoms with E-state index >= 15 is 0 Å². The summed E-state index contributed by atoms with van der Waals surface area (Å²) in [5, 5.41) is 3.91. The number of hydrogen-bond donors (Lipinski definition) is 1. The molecule has 0 aliphatic carbocycles. The second kappa shape index (κ2) is 9.14. The molecule has 0 spiro atoms. The fraction of sp³-hybridized carbons (Fsp3) is 0.370. The normalized spacial score (nSPS) is 18.2. The van der Waals surface area contributed by atoms with Gasteiger partial charge in [0, 0.05) is 50.9 Å². The van der Waals surface area contributed by atoms with Crippen molar-refractivity contribution in [1.82, 2.24) is 15.2 Å². The molecule has 34 heavy (non-hydrogen) atoms. The number of fused-ring (bicyclic) bond motifs is 1. The van der Waals surface area contributed by atoms with Crippen LogP contribution >= 0.6 is 0 Å². The molecule has 0 radical (unpaired) electrons. The third-order valence-corrected chi connectivity index (χ3v) is 7.37. The molecule has 6 nitrogen and oxygen atoms in total. The minimum Gasteiger partial charge on any atom is -0.370 e.